The van der Waals surface area contributed by atoms with Gasteiger partial charge in [0.15, 0.2) is 11.5 Å². The minimum atomic E-state index is -0.748. The first kappa shape index (κ1) is 23.4. The molecule has 2 aromatic rings. The second-order valence-corrected chi connectivity index (χ2v) is 8.12. The van der Waals surface area contributed by atoms with E-state index in [1.165, 1.54) is 33.5 Å². The number of methoxy groups -OCH3 is 3. The summed E-state index contributed by atoms with van der Waals surface area (Å²) in [6.07, 6.45) is 1.35. The Morgan fingerprint density at radius 3 is 2.38 bits per heavy atom. The lowest BCUT2D eigenvalue weighted by atomic mass is 9.80. The summed E-state index contributed by atoms with van der Waals surface area (Å²) in [5.41, 5.74) is 0.328. The molecule has 0 radical (unpaired) electrons. The highest BCUT2D eigenvalue weighted by atomic mass is 19.1. The molecule has 0 aliphatic carbocycles. The lowest BCUT2D eigenvalue weighted by Crippen LogP contribution is -2.51. The third-order valence-corrected chi connectivity index (χ3v) is 5.79. The molecule has 3 rings (SSSR count). The van der Waals surface area contributed by atoms with Crippen LogP contribution in [-0.2, 0) is 11.3 Å². The van der Waals surface area contributed by atoms with Crippen LogP contribution < -0.4 is 19.5 Å². The Balaban J connectivity index is 1.74. The Bertz CT molecular complexity index is 971. The number of amides is 2. The molecule has 2 amide bonds. The maximum Gasteiger partial charge on any atom is 0.254 e. The van der Waals surface area contributed by atoms with E-state index in [-0.39, 0.29) is 30.7 Å². The molecule has 32 heavy (non-hydrogen) atoms. The fraction of sp³-hybridized carbons (Fsp3) is 0.417. The minimum absolute atomic E-state index is 0.163. The largest absolute Gasteiger partial charge is 0.493 e. The summed E-state index contributed by atoms with van der Waals surface area (Å²) >= 11 is 0. The van der Waals surface area contributed by atoms with E-state index in [2.05, 4.69) is 5.32 Å². The monoisotopic (exact) mass is 444 g/mol. The Labute approximate surface area is 187 Å². The first-order valence-corrected chi connectivity index (χ1v) is 10.4. The van der Waals surface area contributed by atoms with E-state index in [0.717, 1.165) is 0 Å². The van der Waals surface area contributed by atoms with Gasteiger partial charge in [-0.2, -0.15) is 0 Å². The number of benzene rings is 2. The van der Waals surface area contributed by atoms with Gasteiger partial charge in [-0.05, 0) is 49.6 Å². The molecule has 7 nitrogen and oxygen atoms in total. The molecule has 1 unspecified atom stereocenters. The van der Waals surface area contributed by atoms with Crippen LogP contribution in [0.1, 0.15) is 35.7 Å². The van der Waals surface area contributed by atoms with Crippen LogP contribution in [0.4, 0.5) is 4.39 Å². The van der Waals surface area contributed by atoms with Crippen molar-refractivity contribution in [2.75, 3.05) is 34.4 Å². The molecule has 1 fully saturated rings. The van der Waals surface area contributed by atoms with Gasteiger partial charge in [0.05, 0.1) is 26.7 Å². The number of nitrogens with one attached hydrogen (secondary N) is 1. The number of carbonyl (C=O) groups is 2. The second-order valence-electron chi connectivity index (χ2n) is 8.12. The van der Waals surface area contributed by atoms with E-state index in [1.807, 2.05) is 6.92 Å². The summed E-state index contributed by atoms with van der Waals surface area (Å²) < 4.78 is 29.4. The van der Waals surface area contributed by atoms with Crippen LogP contribution in [0.2, 0.25) is 0 Å². The van der Waals surface area contributed by atoms with Crippen LogP contribution in [-0.4, -0.2) is 51.1 Å². The standard InChI is InChI=1S/C24H29FN2O5/c1-24(23(29)26-14-16-7-5-8-18(25)11-16)9-6-10-27(15-24)22(28)17-12-19(30-2)21(32-4)20(13-17)31-3/h5,7-8,11-13H,6,9-10,14-15H2,1-4H3,(H,26,29). The van der Waals surface area contributed by atoms with E-state index in [9.17, 15) is 14.0 Å². The van der Waals surface area contributed by atoms with E-state index in [0.29, 0.717) is 47.8 Å². The molecular formula is C24H29FN2O5. The summed E-state index contributed by atoms with van der Waals surface area (Å²) in [6.45, 7) is 2.90. The first-order valence-electron chi connectivity index (χ1n) is 10.4. The molecule has 1 heterocycles. The predicted molar refractivity (Wildman–Crippen MR) is 118 cm³/mol. The number of hydrogen-bond acceptors (Lipinski definition) is 5. The molecule has 1 N–H and O–H groups in total. The topological polar surface area (TPSA) is 77.1 Å². The van der Waals surface area contributed by atoms with Crippen molar-refractivity contribution >= 4 is 11.8 Å². The minimum Gasteiger partial charge on any atom is -0.493 e. The number of nitrogens with zero attached hydrogens (tertiary/aromatic N) is 1. The maximum atomic E-state index is 13.4. The number of ether oxygens (including phenoxy) is 3. The molecule has 0 saturated carbocycles. The van der Waals surface area contributed by atoms with Gasteiger partial charge in [-0.1, -0.05) is 12.1 Å². The molecule has 172 valence electrons. The molecule has 0 spiro atoms. The number of halogens is 1. The Hall–Kier alpha value is -3.29. The van der Waals surface area contributed by atoms with Crippen molar-refractivity contribution in [1.82, 2.24) is 10.2 Å². The molecule has 1 saturated heterocycles. The van der Waals surface area contributed by atoms with E-state index < -0.39 is 5.41 Å². The van der Waals surface area contributed by atoms with Gasteiger partial charge in [0, 0.05) is 25.2 Å². The smallest absolute Gasteiger partial charge is 0.254 e. The van der Waals surface area contributed by atoms with Gasteiger partial charge in [-0.3, -0.25) is 9.59 Å². The summed E-state index contributed by atoms with van der Waals surface area (Å²) in [6, 6.07) is 9.34. The average Bonchev–Trinajstić information content (AvgIpc) is 2.81. The zero-order chi connectivity index (χ0) is 23.3. The van der Waals surface area contributed by atoms with Gasteiger partial charge in [0.2, 0.25) is 11.7 Å². The van der Waals surface area contributed by atoms with Crippen LogP contribution >= 0.6 is 0 Å². The van der Waals surface area contributed by atoms with Crippen LogP contribution in [0.15, 0.2) is 36.4 Å². The van der Waals surface area contributed by atoms with Crippen molar-refractivity contribution in [1.29, 1.82) is 0 Å². The quantitative estimate of drug-likeness (QED) is 0.708. The number of hydrogen-bond donors (Lipinski definition) is 1. The fourth-order valence-corrected chi connectivity index (χ4v) is 4.03. The fourth-order valence-electron chi connectivity index (χ4n) is 4.03. The lowest BCUT2D eigenvalue weighted by Gasteiger charge is -2.39. The average molecular weight is 445 g/mol. The van der Waals surface area contributed by atoms with Gasteiger partial charge in [-0.15, -0.1) is 0 Å². The highest BCUT2D eigenvalue weighted by Gasteiger charge is 2.39. The molecule has 1 aliphatic rings. The Kier molecular flexibility index (Phi) is 7.22. The van der Waals surface area contributed by atoms with Crippen LogP contribution in [0, 0.1) is 11.2 Å². The van der Waals surface area contributed by atoms with Crippen molar-refractivity contribution in [3.05, 3.63) is 53.3 Å². The number of likely N-dealkylation sites (tertiary alicyclic amines) is 1. The predicted octanol–water partition coefficient (Wildman–Crippen LogP) is 3.41. The van der Waals surface area contributed by atoms with Crippen molar-refractivity contribution in [2.45, 2.75) is 26.3 Å². The van der Waals surface area contributed by atoms with Crippen molar-refractivity contribution in [3.8, 4) is 17.2 Å². The van der Waals surface area contributed by atoms with Gasteiger partial charge >= 0.3 is 0 Å². The van der Waals surface area contributed by atoms with Crippen molar-refractivity contribution in [3.63, 3.8) is 0 Å². The highest BCUT2D eigenvalue weighted by molar-refractivity contribution is 5.96. The zero-order valence-electron chi connectivity index (χ0n) is 18.9. The lowest BCUT2D eigenvalue weighted by molar-refractivity contribution is -0.132. The zero-order valence-corrected chi connectivity index (χ0v) is 18.9. The summed E-state index contributed by atoms with van der Waals surface area (Å²) in [5, 5.41) is 2.89. The van der Waals surface area contributed by atoms with Crippen molar-refractivity contribution < 1.29 is 28.2 Å². The second kappa shape index (κ2) is 9.89. The number of piperidine rings is 1. The Morgan fingerprint density at radius 1 is 1.09 bits per heavy atom. The molecular weight excluding hydrogens is 415 g/mol. The third-order valence-electron chi connectivity index (χ3n) is 5.79. The molecule has 1 aliphatic heterocycles. The Morgan fingerprint density at radius 2 is 1.78 bits per heavy atom. The summed E-state index contributed by atoms with van der Waals surface area (Å²) in [7, 11) is 4.49. The maximum absolute atomic E-state index is 13.4. The number of carbonyl (C=O) groups excluding carboxylic acids is 2. The molecule has 1 atom stereocenters. The van der Waals surface area contributed by atoms with Crippen LogP contribution in [0.5, 0.6) is 17.2 Å². The SMILES string of the molecule is COc1cc(C(=O)N2CCCC(C)(C(=O)NCc3cccc(F)c3)C2)cc(OC)c1OC. The number of rotatable bonds is 7. The van der Waals surface area contributed by atoms with Crippen molar-refractivity contribution in [2.24, 2.45) is 5.41 Å². The normalized spacial score (nSPS) is 18.1. The molecule has 8 heteroatoms. The van der Waals surface area contributed by atoms with Gasteiger partial charge in [0.1, 0.15) is 5.82 Å². The first-order chi connectivity index (χ1) is 15.3. The van der Waals surface area contributed by atoms with E-state index in [4.69, 9.17) is 14.2 Å². The highest BCUT2D eigenvalue weighted by Crippen LogP contribution is 2.39. The van der Waals surface area contributed by atoms with E-state index in [1.54, 1.807) is 29.2 Å². The van der Waals surface area contributed by atoms with Crippen LogP contribution in [0.25, 0.3) is 0 Å². The van der Waals surface area contributed by atoms with Gasteiger partial charge < -0.3 is 24.4 Å². The summed E-state index contributed by atoms with van der Waals surface area (Å²) in [5.74, 6) is 0.470. The van der Waals surface area contributed by atoms with Gasteiger partial charge in [-0.25, -0.2) is 4.39 Å². The molecule has 2 aromatic carbocycles. The summed E-state index contributed by atoms with van der Waals surface area (Å²) in [4.78, 5) is 27.9. The molecule has 0 aromatic heterocycles. The van der Waals surface area contributed by atoms with E-state index >= 15 is 0 Å². The van der Waals surface area contributed by atoms with Crippen LogP contribution in [0.3, 0.4) is 0 Å². The van der Waals surface area contributed by atoms with Gasteiger partial charge in [0.25, 0.3) is 5.91 Å². The molecule has 0 bridgehead atoms. The third kappa shape index (κ3) is 4.95.